The number of nitrogens with zero attached hydrogens (tertiary/aromatic N) is 1. The van der Waals surface area contributed by atoms with Gasteiger partial charge >= 0.3 is 0 Å². The zero-order valence-electron chi connectivity index (χ0n) is 14.0. The highest BCUT2D eigenvalue weighted by molar-refractivity contribution is 6.30. The van der Waals surface area contributed by atoms with Crippen LogP contribution in [0.25, 0.3) is 0 Å². The van der Waals surface area contributed by atoms with E-state index < -0.39 is 0 Å². The zero-order valence-corrected chi connectivity index (χ0v) is 14.8. The molecular weight excluding hydrogens is 328 g/mol. The summed E-state index contributed by atoms with van der Waals surface area (Å²) >= 11 is 5.98. The molecule has 0 saturated heterocycles. The smallest absolute Gasteiger partial charge is 0.238 e. The first-order chi connectivity index (χ1) is 11.5. The monoisotopic (exact) mass is 348 g/mol. The topological polar surface area (TPSA) is 50.8 Å². The van der Waals surface area contributed by atoms with E-state index in [4.69, 9.17) is 21.1 Å². The Kier molecular flexibility index (Phi) is 6.46. The molecule has 0 aliphatic heterocycles. The van der Waals surface area contributed by atoms with Gasteiger partial charge in [0.1, 0.15) is 11.5 Å². The molecule has 6 heteroatoms. The Bertz CT molecular complexity index is 706. The van der Waals surface area contributed by atoms with Crippen molar-refractivity contribution < 1.29 is 14.3 Å². The molecule has 1 amide bonds. The van der Waals surface area contributed by atoms with E-state index >= 15 is 0 Å². The van der Waals surface area contributed by atoms with Gasteiger partial charge in [-0.1, -0.05) is 23.7 Å². The maximum Gasteiger partial charge on any atom is 0.238 e. The van der Waals surface area contributed by atoms with Crippen LogP contribution in [-0.2, 0) is 11.3 Å². The Morgan fingerprint density at radius 1 is 1.17 bits per heavy atom. The molecule has 24 heavy (non-hydrogen) atoms. The molecule has 1 N–H and O–H groups in total. The number of methoxy groups -OCH3 is 2. The lowest BCUT2D eigenvalue weighted by molar-refractivity contribution is -0.117. The van der Waals surface area contributed by atoms with Crippen LogP contribution in [0.1, 0.15) is 5.56 Å². The third-order valence-electron chi connectivity index (χ3n) is 3.44. The average molecular weight is 349 g/mol. The van der Waals surface area contributed by atoms with Crippen molar-refractivity contribution in [3.63, 3.8) is 0 Å². The number of hydrogen-bond donors (Lipinski definition) is 1. The Balaban J connectivity index is 1.95. The van der Waals surface area contributed by atoms with E-state index in [1.165, 1.54) is 0 Å². The van der Waals surface area contributed by atoms with Crippen molar-refractivity contribution in [3.05, 3.63) is 53.1 Å². The second-order valence-electron chi connectivity index (χ2n) is 5.42. The van der Waals surface area contributed by atoms with Gasteiger partial charge in [0.25, 0.3) is 0 Å². The summed E-state index contributed by atoms with van der Waals surface area (Å²) in [6.07, 6.45) is 0. The van der Waals surface area contributed by atoms with E-state index in [1.807, 2.05) is 36.2 Å². The fourth-order valence-electron chi connectivity index (χ4n) is 2.34. The lowest BCUT2D eigenvalue weighted by atomic mass is 10.2. The summed E-state index contributed by atoms with van der Waals surface area (Å²) in [6, 6.07) is 12.8. The van der Waals surface area contributed by atoms with Crippen molar-refractivity contribution in [2.24, 2.45) is 0 Å². The van der Waals surface area contributed by atoms with Crippen molar-refractivity contribution >= 4 is 23.2 Å². The number of amides is 1. The molecule has 0 bridgehead atoms. The summed E-state index contributed by atoms with van der Waals surface area (Å²) < 4.78 is 10.4. The van der Waals surface area contributed by atoms with Crippen LogP contribution in [-0.4, -0.2) is 38.6 Å². The molecular formula is C18H21ClN2O3. The number of hydrogen-bond acceptors (Lipinski definition) is 4. The maximum atomic E-state index is 12.2. The highest BCUT2D eigenvalue weighted by Gasteiger charge is 2.11. The van der Waals surface area contributed by atoms with Gasteiger partial charge < -0.3 is 14.8 Å². The Morgan fingerprint density at radius 2 is 1.96 bits per heavy atom. The molecule has 0 spiro atoms. The highest BCUT2D eigenvalue weighted by atomic mass is 35.5. The van der Waals surface area contributed by atoms with E-state index in [0.29, 0.717) is 28.8 Å². The molecule has 2 aromatic rings. The predicted octanol–water partition coefficient (Wildman–Crippen LogP) is 3.43. The molecule has 0 radical (unpaired) electrons. The molecule has 2 rings (SSSR count). The lowest BCUT2D eigenvalue weighted by Gasteiger charge is -2.17. The first kappa shape index (κ1) is 18.1. The molecule has 128 valence electrons. The normalized spacial score (nSPS) is 10.5. The van der Waals surface area contributed by atoms with Gasteiger partial charge in [-0.15, -0.1) is 0 Å². The van der Waals surface area contributed by atoms with E-state index in [2.05, 4.69) is 5.32 Å². The number of halogens is 1. The van der Waals surface area contributed by atoms with E-state index in [-0.39, 0.29) is 12.5 Å². The van der Waals surface area contributed by atoms with Crippen LogP contribution >= 0.6 is 11.6 Å². The molecule has 5 nitrogen and oxygen atoms in total. The van der Waals surface area contributed by atoms with Crippen molar-refractivity contribution in [2.75, 3.05) is 33.1 Å². The van der Waals surface area contributed by atoms with Gasteiger partial charge in [-0.05, 0) is 36.9 Å². The molecule has 0 aromatic heterocycles. The summed E-state index contributed by atoms with van der Waals surface area (Å²) in [7, 11) is 5.01. The first-order valence-electron chi connectivity index (χ1n) is 7.46. The molecule has 0 aliphatic rings. The predicted molar refractivity (Wildman–Crippen MR) is 96.0 cm³/mol. The first-order valence-corrected chi connectivity index (χ1v) is 7.84. The van der Waals surface area contributed by atoms with Gasteiger partial charge in [0.2, 0.25) is 5.91 Å². The number of anilines is 1. The van der Waals surface area contributed by atoms with Crippen LogP contribution in [0.4, 0.5) is 5.69 Å². The Morgan fingerprint density at radius 3 is 2.62 bits per heavy atom. The summed E-state index contributed by atoms with van der Waals surface area (Å²) in [5.41, 5.74) is 1.67. The summed E-state index contributed by atoms with van der Waals surface area (Å²) in [6.45, 7) is 0.884. The fourth-order valence-corrected chi connectivity index (χ4v) is 2.55. The number of likely N-dealkylation sites (N-methyl/N-ethyl adjacent to an activating group) is 1. The SMILES string of the molecule is COc1ccc(NC(=O)CN(C)Cc2cccc(Cl)c2)c(OC)c1. The second-order valence-corrected chi connectivity index (χ2v) is 5.85. The van der Waals surface area contributed by atoms with Crippen LogP contribution in [0.3, 0.4) is 0 Å². The van der Waals surface area contributed by atoms with Gasteiger partial charge in [-0.3, -0.25) is 9.69 Å². The summed E-state index contributed by atoms with van der Waals surface area (Å²) in [5.74, 6) is 1.10. The summed E-state index contributed by atoms with van der Waals surface area (Å²) in [5, 5.41) is 3.54. The van der Waals surface area contributed by atoms with E-state index in [1.54, 1.807) is 32.4 Å². The third kappa shape index (κ3) is 5.15. The van der Waals surface area contributed by atoms with Crippen LogP contribution in [0, 0.1) is 0 Å². The minimum atomic E-state index is -0.122. The lowest BCUT2D eigenvalue weighted by Crippen LogP contribution is -2.29. The quantitative estimate of drug-likeness (QED) is 0.833. The van der Waals surface area contributed by atoms with Crippen molar-refractivity contribution in [2.45, 2.75) is 6.54 Å². The van der Waals surface area contributed by atoms with Crippen LogP contribution < -0.4 is 14.8 Å². The molecule has 0 saturated carbocycles. The largest absolute Gasteiger partial charge is 0.497 e. The van der Waals surface area contributed by atoms with Crippen molar-refractivity contribution in [1.82, 2.24) is 4.90 Å². The zero-order chi connectivity index (χ0) is 17.5. The maximum absolute atomic E-state index is 12.2. The number of nitrogens with one attached hydrogen (secondary N) is 1. The van der Waals surface area contributed by atoms with Gasteiger partial charge in [0.05, 0.1) is 26.5 Å². The molecule has 0 heterocycles. The number of ether oxygens (including phenoxy) is 2. The highest BCUT2D eigenvalue weighted by Crippen LogP contribution is 2.28. The van der Waals surface area contributed by atoms with Crippen LogP contribution in [0.15, 0.2) is 42.5 Å². The van der Waals surface area contributed by atoms with Crippen molar-refractivity contribution in [3.8, 4) is 11.5 Å². The second kappa shape index (κ2) is 8.57. The van der Waals surface area contributed by atoms with Gasteiger partial charge in [0, 0.05) is 17.6 Å². The third-order valence-corrected chi connectivity index (χ3v) is 3.67. The van der Waals surface area contributed by atoms with E-state index in [0.717, 1.165) is 5.56 Å². The molecule has 0 aliphatic carbocycles. The molecule has 0 fully saturated rings. The number of rotatable bonds is 7. The minimum absolute atomic E-state index is 0.122. The van der Waals surface area contributed by atoms with E-state index in [9.17, 15) is 4.79 Å². The Labute approximate surface area is 147 Å². The standard InChI is InChI=1S/C18H21ClN2O3/c1-21(11-13-5-4-6-14(19)9-13)12-18(22)20-16-8-7-15(23-2)10-17(16)24-3/h4-10H,11-12H2,1-3H3,(H,20,22). The fraction of sp³-hybridized carbons (Fsp3) is 0.278. The molecule has 0 unspecified atom stereocenters. The molecule has 0 atom stereocenters. The van der Waals surface area contributed by atoms with Gasteiger partial charge in [0.15, 0.2) is 0 Å². The van der Waals surface area contributed by atoms with Crippen LogP contribution in [0.2, 0.25) is 5.02 Å². The summed E-state index contributed by atoms with van der Waals surface area (Å²) in [4.78, 5) is 14.2. The van der Waals surface area contributed by atoms with Crippen LogP contribution in [0.5, 0.6) is 11.5 Å². The van der Waals surface area contributed by atoms with Crippen molar-refractivity contribution in [1.29, 1.82) is 0 Å². The Hall–Kier alpha value is -2.24. The van der Waals surface area contributed by atoms with Gasteiger partial charge in [-0.25, -0.2) is 0 Å². The molecule has 2 aromatic carbocycles. The van der Waals surface area contributed by atoms with Gasteiger partial charge in [-0.2, -0.15) is 0 Å². The minimum Gasteiger partial charge on any atom is -0.497 e. The number of carbonyl (C=O) groups excluding carboxylic acids is 1. The number of benzene rings is 2. The average Bonchev–Trinajstić information content (AvgIpc) is 2.54. The number of carbonyl (C=O) groups is 1.